The second kappa shape index (κ2) is 5.13. The molecule has 8 nitrogen and oxygen atoms in total. The molecule has 0 aromatic carbocycles. The summed E-state index contributed by atoms with van der Waals surface area (Å²) >= 11 is 0. The topological polar surface area (TPSA) is 106 Å². The van der Waals surface area contributed by atoms with Crippen molar-refractivity contribution in [3.8, 4) is 0 Å². The van der Waals surface area contributed by atoms with Crippen LogP contribution < -0.4 is 10.6 Å². The standard InChI is InChI=1S/C10H11N5O3/c1-11-10-13-5-8(15(16)17)9(14-10)12-4-7-2-3-18-6-7/h2-3,5-6H,4H2,1H3,(H2,11,12,13,14). The Morgan fingerprint density at radius 1 is 1.56 bits per heavy atom. The van der Waals surface area contributed by atoms with Gasteiger partial charge in [-0.05, 0) is 6.07 Å². The molecule has 94 valence electrons. The zero-order valence-electron chi connectivity index (χ0n) is 9.58. The molecule has 2 aromatic rings. The highest BCUT2D eigenvalue weighted by atomic mass is 16.6. The molecule has 2 rings (SSSR count). The molecule has 0 saturated carbocycles. The van der Waals surface area contributed by atoms with Crippen LogP contribution in [0.5, 0.6) is 0 Å². The van der Waals surface area contributed by atoms with Crippen molar-refractivity contribution in [2.75, 3.05) is 17.7 Å². The maximum Gasteiger partial charge on any atom is 0.329 e. The van der Waals surface area contributed by atoms with E-state index in [9.17, 15) is 10.1 Å². The Morgan fingerprint density at radius 2 is 2.39 bits per heavy atom. The number of hydrogen-bond donors (Lipinski definition) is 2. The van der Waals surface area contributed by atoms with Crippen molar-refractivity contribution >= 4 is 17.5 Å². The minimum atomic E-state index is -0.531. The van der Waals surface area contributed by atoms with Gasteiger partial charge in [0.2, 0.25) is 11.8 Å². The average molecular weight is 249 g/mol. The summed E-state index contributed by atoms with van der Waals surface area (Å²) < 4.78 is 4.91. The molecule has 0 unspecified atom stereocenters. The normalized spacial score (nSPS) is 10.1. The summed E-state index contributed by atoms with van der Waals surface area (Å²) in [5.74, 6) is 0.482. The number of aromatic nitrogens is 2. The highest BCUT2D eigenvalue weighted by molar-refractivity contribution is 5.56. The van der Waals surface area contributed by atoms with E-state index in [-0.39, 0.29) is 11.5 Å². The van der Waals surface area contributed by atoms with Crippen molar-refractivity contribution in [3.05, 3.63) is 40.5 Å². The van der Waals surface area contributed by atoms with Gasteiger partial charge in [-0.2, -0.15) is 4.98 Å². The number of furan rings is 1. The minimum Gasteiger partial charge on any atom is -0.472 e. The first-order chi connectivity index (χ1) is 8.70. The Bertz CT molecular complexity index is 540. The van der Waals surface area contributed by atoms with E-state index in [4.69, 9.17) is 4.42 Å². The first-order valence-corrected chi connectivity index (χ1v) is 5.15. The third-order valence-corrected chi connectivity index (χ3v) is 2.23. The average Bonchev–Trinajstić information content (AvgIpc) is 2.88. The van der Waals surface area contributed by atoms with Crippen LogP contribution in [0.25, 0.3) is 0 Å². The van der Waals surface area contributed by atoms with Crippen molar-refractivity contribution in [3.63, 3.8) is 0 Å². The van der Waals surface area contributed by atoms with Gasteiger partial charge in [0.25, 0.3) is 0 Å². The van der Waals surface area contributed by atoms with Crippen molar-refractivity contribution < 1.29 is 9.34 Å². The van der Waals surface area contributed by atoms with Crippen LogP contribution in [0.2, 0.25) is 0 Å². The summed E-state index contributed by atoms with van der Waals surface area (Å²) in [5.41, 5.74) is 0.700. The van der Waals surface area contributed by atoms with Gasteiger partial charge >= 0.3 is 5.69 Å². The Labute approximate surface area is 102 Å². The number of nitrogens with one attached hydrogen (secondary N) is 2. The molecule has 0 atom stereocenters. The molecule has 2 heterocycles. The lowest BCUT2D eigenvalue weighted by Gasteiger charge is -2.06. The molecular formula is C10H11N5O3. The van der Waals surface area contributed by atoms with Gasteiger partial charge in [0, 0.05) is 19.2 Å². The Kier molecular flexibility index (Phi) is 3.37. The van der Waals surface area contributed by atoms with Gasteiger partial charge in [0.15, 0.2) is 0 Å². The molecule has 18 heavy (non-hydrogen) atoms. The first kappa shape index (κ1) is 11.8. The molecule has 0 aliphatic carbocycles. The predicted octanol–water partition coefficient (Wildman–Crippen LogP) is 1.63. The fourth-order valence-electron chi connectivity index (χ4n) is 1.34. The molecule has 0 amide bonds. The van der Waals surface area contributed by atoms with Gasteiger partial charge < -0.3 is 15.1 Å². The van der Waals surface area contributed by atoms with Crippen molar-refractivity contribution in [1.82, 2.24) is 9.97 Å². The quantitative estimate of drug-likeness (QED) is 0.612. The number of nitro groups is 1. The van der Waals surface area contributed by atoms with Gasteiger partial charge in [0.05, 0.1) is 17.4 Å². The number of nitrogens with zero attached hydrogens (tertiary/aromatic N) is 3. The third kappa shape index (κ3) is 2.54. The molecule has 2 aromatic heterocycles. The highest BCUT2D eigenvalue weighted by Gasteiger charge is 2.16. The van der Waals surface area contributed by atoms with E-state index in [1.54, 1.807) is 19.4 Å². The van der Waals surface area contributed by atoms with E-state index in [1.165, 1.54) is 6.26 Å². The number of anilines is 2. The van der Waals surface area contributed by atoms with Gasteiger partial charge in [-0.15, -0.1) is 0 Å². The number of hydrogen-bond acceptors (Lipinski definition) is 7. The van der Waals surface area contributed by atoms with Crippen LogP contribution in [0, 0.1) is 10.1 Å². The van der Waals surface area contributed by atoms with Crippen LogP contribution in [0.15, 0.2) is 29.2 Å². The van der Waals surface area contributed by atoms with Crippen molar-refractivity contribution in [2.24, 2.45) is 0 Å². The van der Waals surface area contributed by atoms with Crippen LogP contribution >= 0.6 is 0 Å². The SMILES string of the molecule is CNc1ncc([N+](=O)[O-])c(NCc2ccoc2)n1. The van der Waals surface area contributed by atoms with Gasteiger partial charge in [0.1, 0.15) is 6.20 Å². The van der Waals surface area contributed by atoms with Crippen molar-refractivity contribution in [2.45, 2.75) is 6.54 Å². The minimum absolute atomic E-state index is 0.167. The fraction of sp³-hybridized carbons (Fsp3) is 0.200. The Hall–Kier alpha value is -2.64. The van der Waals surface area contributed by atoms with Crippen molar-refractivity contribution in [1.29, 1.82) is 0 Å². The summed E-state index contributed by atoms with van der Waals surface area (Å²) in [5, 5.41) is 16.4. The predicted molar refractivity (Wildman–Crippen MR) is 64.3 cm³/mol. The fourth-order valence-corrected chi connectivity index (χ4v) is 1.34. The smallest absolute Gasteiger partial charge is 0.329 e. The van der Waals surface area contributed by atoms with Gasteiger partial charge in [-0.3, -0.25) is 10.1 Å². The largest absolute Gasteiger partial charge is 0.472 e. The van der Waals surface area contributed by atoms with Gasteiger partial charge in [-0.1, -0.05) is 0 Å². The summed E-state index contributed by atoms with van der Waals surface area (Å²) in [7, 11) is 1.64. The molecule has 0 saturated heterocycles. The zero-order chi connectivity index (χ0) is 13.0. The molecule has 2 N–H and O–H groups in total. The second-order valence-electron chi connectivity index (χ2n) is 3.42. The second-order valence-corrected chi connectivity index (χ2v) is 3.42. The van der Waals surface area contributed by atoms with Crippen LogP contribution in [0.1, 0.15) is 5.56 Å². The third-order valence-electron chi connectivity index (χ3n) is 2.23. The lowest BCUT2D eigenvalue weighted by Crippen LogP contribution is -2.07. The molecule has 0 spiro atoms. The van der Waals surface area contributed by atoms with E-state index < -0.39 is 4.92 Å². The molecule has 0 radical (unpaired) electrons. The first-order valence-electron chi connectivity index (χ1n) is 5.15. The zero-order valence-corrected chi connectivity index (χ0v) is 9.58. The molecule has 8 heteroatoms. The van der Waals surface area contributed by atoms with Gasteiger partial charge in [-0.25, -0.2) is 4.98 Å². The van der Waals surface area contributed by atoms with Crippen LogP contribution in [0.4, 0.5) is 17.5 Å². The highest BCUT2D eigenvalue weighted by Crippen LogP contribution is 2.22. The lowest BCUT2D eigenvalue weighted by molar-refractivity contribution is -0.384. The Morgan fingerprint density at radius 3 is 3.00 bits per heavy atom. The molecule has 0 aliphatic heterocycles. The molecular weight excluding hydrogens is 238 g/mol. The van der Waals surface area contributed by atoms with Crippen LogP contribution in [-0.4, -0.2) is 21.9 Å². The molecule has 0 aliphatic rings. The molecule has 0 bridgehead atoms. The number of rotatable bonds is 5. The van der Waals surface area contributed by atoms with E-state index in [0.717, 1.165) is 11.8 Å². The van der Waals surface area contributed by atoms with E-state index in [0.29, 0.717) is 12.5 Å². The summed E-state index contributed by atoms with van der Waals surface area (Å²) in [4.78, 5) is 18.1. The van der Waals surface area contributed by atoms with E-state index in [1.807, 2.05) is 0 Å². The van der Waals surface area contributed by atoms with E-state index >= 15 is 0 Å². The maximum atomic E-state index is 10.8. The maximum absolute atomic E-state index is 10.8. The van der Waals surface area contributed by atoms with Crippen LogP contribution in [0.3, 0.4) is 0 Å². The lowest BCUT2D eigenvalue weighted by atomic mass is 10.3. The summed E-state index contributed by atoms with van der Waals surface area (Å²) in [6.45, 7) is 0.386. The van der Waals surface area contributed by atoms with E-state index in [2.05, 4.69) is 20.6 Å². The Balaban J connectivity index is 2.20. The van der Waals surface area contributed by atoms with Crippen LogP contribution in [-0.2, 0) is 6.54 Å². The summed E-state index contributed by atoms with van der Waals surface area (Å²) in [6.07, 6.45) is 4.25. The monoisotopic (exact) mass is 249 g/mol. The molecule has 0 fully saturated rings. The summed E-state index contributed by atoms with van der Waals surface area (Å²) in [6, 6.07) is 1.76.